The number of aromatic nitrogens is 1. The van der Waals surface area contributed by atoms with E-state index in [1.807, 2.05) is 32.9 Å². The van der Waals surface area contributed by atoms with E-state index in [1.165, 1.54) is 12.1 Å². The number of hydrogen-bond donors (Lipinski definition) is 0. The molecular weight excluding hydrogens is 407 g/mol. The lowest BCUT2D eigenvalue weighted by Crippen LogP contribution is -2.52. The van der Waals surface area contributed by atoms with Crippen LogP contribution in [0, 0.1) is 26.6 Å². The second-order valence-corrected chi connectivity index (χ2v) is 9.03. The molecular formula is C26H25FN2O3. The van der Waals surface area contributed by atoms with Crippen LogP contribution in [0.5, 0.6) is 5.75 Å². The van der Waals surface area contributed by atoms with E-state index in [0.29, 0.717) is 65.8 Å². The number of amides is 1. The highest BCUT2D eigenvalue weighted by Gasteiger charge is 2.44. The standard InChI is InChI=1S/C26H25FN2O3/c1-15-4-6-19-23(30)14-26(32-24(19)17(15)3)8-10-29(11-9-26)25(31)21-12-16(2)28-22-7-5-18(27)13-20(21)22/h4-7,12-13H,8-11,14H2,1-3H3. The van der Waals surface area contributed by atoms with E-state index in [9.17, 15) is 14.0 Å². The van der Waals surface area contributed by atoms with Crippen LogP contribution >= 0.6 is 0 Å². The van der Waals surface area contributed by atoms with Gasteiger partial charge in [-0.15, -0.1) is 0 Å². The lowest BCUT2D eigenvalue weighted by Gasteiger charge is -2.44. The van der Waals surface area contributed by atoms with Gasteiger partial charge < -0.3 is 9.64 Å². The van der Waals surface area contributed by atoms with Gasteiger partial charge in [-0.05, 0) is 62.2 Å². The number of Topliss-reactive ketones (excluding diaryl/α,β-unsaturated/α-hetero) is 1. The van der Waals surface area contributed by atoms with E-state index in [-0.39, 0.29) is 11.7 Å². The summed E-state index contributed by atoms with van der Waals surface area (Å²) < 4.78 is 20.3. The zero-order chi connectivity index (χ0) is 22.6. The number of ether oxygens (including phenoxy) is 1. The number of aryl methyl sites for hydroxylation is 2. The Morgan fingerprint density at radius 1 is 1.09 bits per heavy atom. The molecule has 2 aliphatic rings. The van der Waals surface area contributed by atoms with Crippen molar-refractivity contribution in [2.24, 2.45) is 0 Å². The average Bonchev–Trinajstić information content (AvgIpc) is 2.76. The topological polar surface area (TPSA) is 59.5 Å². The molecule has 1 aromatic heterocycles. The molecule has 0 unspecified atom stereocenters. The van der Waals surface area contributed by atoms with Crippen LogP contribution in [0.1, 0.15) is 56.8 Å². The van der Waals surface area contributed by atoms with Crippen molar-refractivity contribution in [3.05, 3.63) is 70.2 Å². The highest BCUT2D eigenvalue weighted by molar-refractivity contribution is 6.06. The third-order valence-electron chi connectivity index (χ3n) is 6.87. The van der Waals surface area contributed by atoms with Gasteiger partial charge in [0.2, 0.25) is 0 Å². The molecule has 2 aliphatic heterocycles. The van der Waals surface area contributed by atoms with Crippen molar-refractivity contribution in [1.29, 1.82) is 0 Å². The minimum absolute atomic E-state index is 0.0976. The van der Waals surface area contributed by atoms with Crippen LogP contribution in [0.4, 0.5) is 4.39 Å². The van der Waals surface area contributed by atoms with Gasteiger partial charge in [0, 0.05) is 37.0 Å². The number of benzene rings is 2. The Labute approximate surface area is 186 Å². The normalized spacial score (nSPS) is 17.4. The predicted octanol–water partition coefficient (Wildman–Crippen LogP) is 4.94. The van der Waals surface area contributed by atoms with Gasteiger partial charge in [-0.1, -0.05) is 6.07 Å². The summed E-state index contributed by atoms with van der Waals surface area (Å²) in [7, 11) is 0. The molecule has 3 aromatic rings. The van der Waals surface area contributed by atoms with Crippen molar-refractivity contribution in [1.82, 2.24) is 9.88 Å². The number of rotatable bonds is 1. The van der Waals surface area contributed by atoms with E-state index in [2.05, 4.69) is 4.98 Å². The summed E-state index contributed by atoms with van der Waals surface area (Å²) in [5.41, 5.74) is 3.93. The minimum Gasteiger partial charge on any atom is -0.486 e. The SMILES string of the molecule is Cc1cc(C(=O)N2CCC3(CC2)CC(=O)c2ccc(C)c(C)c2O3)c2cc(F)ccc2n1. The monoisotopic (exact) mass is 432 g/mol. The molecule has 1 fully saturated rings. The smallest absolute Gasteiger partial charge is 0.254 e. The number of fused-ring (bicyclic) bond motifs is 2. The Morgan fingerprint density at radius 2 is 1.84 bits per heavy atom. The van der Waals surface area contributed by atoms with Gasteiger partial charge in [0.25, 0.3) is 5.91 Å². The average molecular weight is 432 g/mol. The number of halogens is 1. The van der Waals surface area contributed by atoms with E-state index in [0.717, 1.165) is 11.1 Å². The number of hydrogen-bond acceptors (Lipinski definition) is 4. The molecule has 0 bridgehead atoms. The number of ketones is 1. The summed E-state index contributed by atoms with van der Waals surface area (Å²) in [4.78, 5) is 32.4. The first kappa shape index (κ1) is 20.6. The van der Waals surface area contributed by atoms with Crippen molar-refractivity contribution in [2.75, 3.05) is 13.1 Å². The Bertz CT molecular complexity index is 1280. The van der Waals surface area contributed by atoms with Crippen molar-refractivity contribution in [3.8, 4) is 5.75 Å². The highest BCUT2D eigenvalue weighted by atomic mass is 19.1. The Hall–Kier alpha value is -3.28. The van der Waals surface area contributed by atoms with Crippen LogP contribution in [0.25, 0.3) is 10.9 Å². The molecule has 3 heterocycles. The second kappa shape index (κ2) is 7.40. The van der Waals surface area contributed by atoms with Gasteiger partial charge in [0.05, 0.1) is 23.1 Å². The van der Waals surface area contributed by atoms with Crippen molar-refractivity contribution in [3.63, 3.8) is 0 Å². The van der Waals surface area contributed by atoms with Gasteiger partial charge in [-0.3, -0.25) is 14.6 Å². The van der Waals surface area contributed by atoms with Crippen LogP contribution in [0.2, 0.25) is 0 Å². The first-order valence-corrected chi connectivity index (χ1v) is 10.9. The van der Waals surface area contributed by atoms with Crippen LogP contribution in [-0.2, 0) is 0 Å². The highest BCUT2D eigenvalue weighted by Crippen LogP contribution is 2.42. The lowest BCUT2D eigenvalue weighted by molar-refractivity contribution is -0.00615. The lowest BCUT2D eigenvalue weighted by atomic mass is 9.81. The van der Waals surface area contributed by atoms with E-state index in [1.54, 1.807) is 17.0 Å². The van der Waals surface area contributed by atoms with Gasteiger partial charge in [0.15, 0.2) is 5.78 Å². The molecule has 0 atom stereocenters. The maximum atomic E-state index is 13.9. The number of carbonyl (C=O) groups excluding carboxylic acids is 2. The predicted molar refractivity (Wildman–Crippen MR) is 120 cm³/mol. The molecule has 164 valence electrons. The minimum atomic E-state index is -0.582. The maximum Gasteiger partial charge on any atom is 0.254 e. The molecule has 6 heteroatoms. The summed E-state index contributed by atoms with van der Waals surface area (Å²) in [6.07, 6.45) is 1.48. The van der Waals surface area contributed by atoms with Gasteiger partial charge in [-0.2, -0.15) is 0 Å². The largest absolute Gasteiger partial charge is 0.486 e. The van der Waals surface area contributed by atoms with Crippen molar-refractivity contribution < 1.29 is 18.7 Å². The summed E-state index contributed by atoms with van der Waals surface area (Å²) in [6, 6.07) is 9.85. The molecule has 0 saturated carbocycles. The van der Waals surface area contributed by atoms with Crippen molar-refractivity contribution in [2.45, 2.75) is 45.6 Å². The molecule has 32 heavy (non-hydrogen) atoms. The summed E-state index contributed by atoms with van der Waals surface area (Å²) in [5, 5.41) is 0.519. The fourth-order valence-corrected chi connectivity index (χ4v) is 4.86. The second-order valence-electron chi connectivity index (χ2n) is 9.03. The van der Waals surface area contributed by atoms with E-state index < -0.39 is 11.4 Å². The Morgan fingerprint density at radius 3 is 2.59 bits per heavy atom. The molecule has 5 rings (SSSR count). The van der Waals surface area contributed by atoms with Crippen LogP contribution in [-0.4, -0.2) is 40.3 Å². The first-order chi connectivity index (χ1) is 15.3. The number of piperidine rings is 1. The van der Waals surface area contributed by atoms with E-state index in [4.69, 9.17) is 4.74 Å². The fourth-order valence-electron chi connectivity index (χ4n) is 4.86. The third kappa shape index (κ3) is 3.34. The third-order valence-corrected chi connectivity index (χ3v) is 6.87. The van der Waals surface area contributed by atoms with Crippen molar-refractivity contribution >= 4 is 22.6 Å². The molecule has 1 spiro atoms. The Balaban J connectivity index is 1.40. The zero-order valence-corrected chi connectivity index (χ0v) is 18.5. The van der Waals surface area contributed by atoms with Crippen LogP contribution < -0.4 is 4.74 Å². The number of likely N-dealkylation sites (tertiary alicyclic amines) is 1. The fraction of sp³-hybridized carbons (Fsp3) is 0.346. The quantitative estimate of drug-likeness (QED) is 0.547. The Kier molecular flexibility index (Phi) is 4.77. The molecule has 1 amide bonds. The maximum absolute atomic E-state index is 13.9. The van der Waals surface area contributed by atoms with Gasteiger partial charge >= 0.3 is 0 Å². The molecule has 1 saturated heterocycles. The molecule has 2 aromatic carbocycles. The molecule has 0 aliphatic carbocycles. The van der Waals surface area contributed by atoms with E-state index >= 15 is 0 Å². The molecule has 0 N–H and O–H groups in total. The van der Waals surface area contributed by atoms with Gasteiger partial charge in [-0.25, -0.2) is 4.39 Å². The summed E-state index contributed by atoms with van der Waals surface area (Å²) >= 11 is 0. The molecule has 0 radical (unpaired) electrons. The number of nitrogens with zero attached hydrogens (tertiary/aromatic N) is 2. The van der Waals surface area contributed by atoms with Gasteiger partial charge in [0.1, 0.15) is 17.2 Å². The first-order valence-electron chi connectivity index (χ1n) is 10.9. The molecule has 5 nitrogen and oxygen atoms in total. The zero-order valence-electron chi connectivity index (χ0n) is 18.5. The summed E-state index contributed by atoms with van der Waals surface area (Å²) in [6.45, 7) is 6.77. The summed E-state index contributed by atoms with van der Waals surface area (Å²) in [5.74, 6) is 0.247. The van der Waals surface area contributed by atoms with Crippen LogP contribution in [0.15, 0.2) is 36.4 Å². The number of carbonyl (C=O) groups is 2. The van der Waals surface area contributed by atoms with Crippen LogP contribution in [0.3, 0.4) is 0 Å². The number of pyridine rings is 1.